The Morgan fingerprint density at radius 1 is 0.804 bits per heavy atom. The van der Waals surface area contributed by atoms with Gasteiger partial charge in [0.15, 0.2) is 11.6 Å². The largest absolute Gasteiger partial charge is 0.508 e. The highest BCUT2D eigenvalue weighted by molar-refractivity contribution is 7.91. The third kappa shape index (κ3) is 10.2. The number of sulfone groups is 1. The van der Waals surface area contributed by atoms with Crippen molar-refractivity contribution in [1.29, 1.82) is 0 Å². The van der Waals surface area contributed by atoms with Crippen molar-refractivity contribution < 1.29 is 44.3 Å². The van der Waals surface area contributed by atoms with Gasteiger partial charge in [0.1, 0.15) is 15.6 Å². The van der Waals surface area contributed by atoms with Crippen LogP contribution in [0.25, 0.3) is 11.1 Å². The van der Waals surface area contributed by atoms with Crippen molar-refractivity contribution in [2.75, 3.05) is 24.6 Å². The number of phenolic OH excluding ortho intramolecular Hbond substituents is 1. The van der Waals surface area contributed by atoms with Crippen LogP contribution in [0.5, 0.6) is 5.75 Å². The van der Waals surface area contributed by atoms with Gasteiger partial charge in [-0.3, -0.25) is 0 Å². The van der Waals surface area contributed by atoms with Crippen molar-refractivity contribution in [2.45, 2.75) is 102 Å². The SMILES string of the molecule is O=S(=O)(CCCN(CCCCCCC1=C(c2ccc(F)c(F)c2)CCCc2cc(O)ccc21)C1CC1)CCCC(F)(F)C(F)(F)F. The summed E-state index contributed by atoms with van der Waals surface area (Å²) in [5, 5.41) is 10.1. The molecular weight excluding hydrogens is 635 g/mol. The molecule has 1 saturated carbocycles. The summed E-state index contributed by atoms with van der Waals surface area (Å²) in [4.78, 5) is 2.24. The van der Waals surface area contributed by atoms with Crippen LogP contribution < -0.4 is 0 Å². The summed E-state index contributed by atoms with van der Waals surface area (Å²) in [5.41, 5.74) is 4.80. The molecular formula is C34H42F7NO3S. The highest BCUT2D eigenvalue weighted by atomic mass is 32.2. The van der Waals surface area contributed by atoms with Gasteiger partial charge in [0.2, 0.25) is 0 Å². The molecule has 1 fully saturated rings. The molecule has 1 N–H and O–H groups in total. The molecule has 2 aliphatic rings. The Hall–Kier alpha value is -2.60. The number of halogens is 7. The lowest BCUT2D eigenvalue weighted by atomic mass is 9.89. The van der Waals surface area contributed by atoms with Gasteiger partial charge < -0.3 is 10.0 Å². The van der Waals surface area contributed by atoms with Gasteiger partial charge in [-0.05, 0) is 129 Å². The monoisotopic (exact) mass is 677 g/mol. The van der Waals surface area contributed by atoms with Gasteiger partial charge >= 0.3 is 12.1 Å². The molecule has 0 unspecified atom stereocenters. The standard InChI is InChI=1S/C34H42F7NO3S/c35-31-16-11-25(23-32(31)36)28-10-5-8-24-22-27(43)14-15-29(24)30(28)9-3-1-2-4-18-42(26-12-13-26)19-7-21-46(44,45)20-6-17-33(37,38)34(39,40)41/h11,14-16,22-23,26,43H,1-10,12-13,17-21H2. The van der Waals surface area contributed by atoms with E-state index in [1.807, 2.05) is 6.07 Å². The summed E-state index contributed by atoms with van der Waals surface area (Å²) in [6.45, 7) is 1.31. The van der Waals surface area contributed by atoms with E-state index in [4.69, 9.17) is 0 Å². The van der Waals surface area contributed by atoms with E-state index in [9.17, 15) is 44.3 Å². The first-order valence-corrected chi connectivity index (χ1v) is 17.9. The molecule has 4 rings (SSSR count). The van der Waals surface area contributed by atoms with E-state index in [2.05, 4.69) is 4.90 Å². The van der Waals surface area contributed by atoms with E-state index in [1.54, 1.807) is 18.2 Å². The van der Waals surface area contributed by atoms with Crippen molar-refractivity contribution in [3.8, 4) is 5.75 Å². The van der Waals surface area contributed by atoms with Crippen molar-refractivity contribution in [3.05, 3.63) is 64.7 Å². The number of benzene rings is 2. The Morgan fingerprint density at radius 2 is 1.50 bits per heavy atom. The molecule has 12 heteroatoms. The molecule has 0 aromatic heterocycles. The van der Waals surface area contributed by atoms with Gasteiger partial charge in [-0.1, -0.05) is 25.0 Å². The third-order valence-corrected chi connectivity index (χ3v) is 10.7. The first-order chi connectivity index (χ1) is 21.7. The van der Waals surface area contributed by atoms with Crippen molar-refractivity contribution in [2.24, 2.45) is 0 Å². The molecule has 0 amide bonds. The number of hydrogen-bond acceptors (Lipinski definition) is 4. The Balaban J connectivity index is 1.26. The number of hydrogen-bond donors (Lipinski definition) is 1. The molecule has 0 atom stereocenters. The average Bonchev–Trinajstić information content (AvgIpc) is 3.82. The van der Waals surface area contributed by atoms with Crippen LogP contribution >= 0.6 is 0 Å². The topological polar surface area (TPSA) is 57.6 Å². The third-order valence-electron chi connectivity index (χ3n) is 8.87. The molecule has 0 radical (unpaired) electrons. The lowest BCUT2D eigenvalue weighted by Crippen LogP contribution is -2.36. The molecule has 2 aromatic rings. The number of aromatic hydroxyl groups is 1. The second kappa shape index (κ2) is 15.5. The van der Waals surface area contributed by atoms with Crippen LogP contribution in [-0.2, 0) is 16.3 Å². The molecule has 4 nitrogen and oxygen atoms in total. The lowest BCUT2D eigenvalue weighted by molar-refractivity contribution is -0.284. The van der Waals surface area contributed by atoms with Gasteiger partial charge in [0.05, 0.1) is 11.5 Å². The number of unbranched alkanes of at least 4 members (excludes halogenated alkanes) is 3. The minimum Gasteiger partial charge on any atom is -0.508 e. The number of rotatable bonds is 17. The smallest absolute Gasteiger partial charge is 0.453 e. The van der Waals surface area contributed by atoms with Crippen molar-refractivity contribution in [3.63, 3.8) is 0 Å². The Morgan fingerprint density at radius 3 is 2.20 bits per heavy atom. The minimum atomic E-state index is -5.68. The van der Waals surface area contributed by atoms with E-state index in [0.717, 1.165) is 92.7 Å². The number of fused-ring (bicyclic) bond motifs is 1. The van der Waals surface area contributed by atoms with Gasteiger partial charge in [-0.2, -0.15) is 22.0 Å². The van der Waals surface area contributed by atoms with Crippen LogP contribution in [0.15, 0.2) is 36.4 Å². The summed E-state index contributed by atoms with van der Waals surface area (Å²) < 4.78 is 116. The van der Waals surface area contributed by atoms with Crippen LogP contribution in [0, 0.1) is 11.6 Å². The normalized spacial score (nSPS) is 16.2. The first-order valence-electron chi connectivity index (χ1n) is 16.1. The molecule has 0 bridgehead atoms. The Bertz CT molecular complexity index is 1470. The number of nitrogens with zero attached hydrogens (tertiary/aromatic N) is 1. The molecule has 0 spiro atoms. The Labute approximate surface area is 266 Å². The number of aryl methyl sites for hydroxylation is 1. The summed E-state index contributed by atoms with van der Waals surface area (Å²) >= 11 is 0. The maximum absolute atomic E-state index is 14.2. The minimum absolute atomic E-state index is 0.192. The maximum atomic E-state index is 14.2. The number of alkyl halides is 5. The molecule has 0 saturated heterocycles. The van der Waals surface area contributed by atoms with E-state index < -0.39 is 52.2 Å². The molecule has 0 aliphatic heterocycles. The van der Waals surface area contributed by atoms with Crippen LogP contribution in [0.2, 0.25) is 0 Å². The summed E-state index contributed by atoms with van der Waals surface area (Å²) in [5.74, 6) is -7.42. The predicted molar refractivity (Wildman–Crippen MR) is 165 cm³/mol. The van der Waals surface area contributed by atoms with Crippen LogP contribution in [0.3, 0.4) is 0 Å². The number of phenols is 1. The molecule has 2 aliphatic carbocycles. The first kappa shape index (κ1) is 36.2. The van der Waals surface area contributed by atoms with Crippen molar-refractivity contribution in [1.82, 2.24) is 4.90 Å². The van der Waals surface area contributed by atoms with E-state index >= 15 is 0 Å². The van der Waals surface area contributed by atoms with E-state index in [-0.39, 0.29) is 11.5 Å². The van der Waals surface area contributed by atoms with Crippen LogP contribution in [-0.4, -0.2) is 61.2 Å². The fourth-order valence-corrected chi connectivity index (χ4v) is 7.63. The zero-order valence-electron chi connectivity index (χ0n) is 25.8. The highest BCUT2D eigenvalue weighted by Gasteiger charge is 2.56. The van der Waals surface area contributed by atoms with Crippen LogP contribution in [0.4, 0.5) is 30.7 Å². The van der Waals surface area contributed by atoms with Crippen molar-refractivity contribution >= 4 is 21.0 Å². The number of allylic oxidation sites excluding steroid dienone is 2. The Kier molecular flexibility index (Phi) is 12.2. The second-order valence-electron chi connectivity index (χ2n) is 12.5. The fraction of sp³-hybridized carbons (Fsp3) is 0.588. The molecule has 0 heterocycles. The summed E-state index contributed by atoms with van der Waals surface area (Å²) in [6.07, 6.45) is 1.06. The van der Waals surface area contributed by atoms with Gasteiger partial charge in [-0.15, -0.1) is 0 Å². The van der Waals surface area contributed by atoms with E-state index in [1.165, 1.54) is 6.07 Å². The zero-order chi connectivity index (χ0) is 33.5. The highest BCUT2D eigenvalue weighted by Crippen LogP contribution is 2.41. The molecule has 256 valence electrons. The fourth-order valence-electron chi connectivity index (χ4n) is 6.27. The van der Waals surface area contributed by atoms with Gasteiger partial charge in [-0.25, -0.2) is 17.2 Å². The maximum Gasteiger partial charge on any atom is 0.453 e. The quantitative estimate of drug-likeness (QED) is 0.134. The van der Waals surface area contributed by atoms with Gasteiger partial charge in [0, 0.05) is 12.5 Å². The summed E-state index contributed by atoms with van der Waals surface area (Å²) in [7, 11) is -3.73. The van der Waals surface area contributed by atoms with Crippen LogP contribution in [0.1, 0.15) is 93.7 Å². The predicted octanol–water partition coefficient (Wildman–Crippen LogP) is 9.12. The lowest BCUT2D eigenvalue weighted by Gasteiger charge is -2.22. The summed E-state index contributed by atoms with van der Waals surface area (Å²) in [6, 6.07) is 9.72. The van der Waals surface area contributed by atoms with E-state index in [0.29, 0.717) is 31.0 Å². The second-order valence-corrected chi connectivity index (χ2v) is 14.8. The molecule has 2 aromatic carbocycles. The zero-order valence-corrected chi connectivity index (χ0v) is 26.6. The molecule has 46 heavy (non-hydrogen) atoms. The van der Waals surface area contributed by atoms with Gasteiger partial charge in [0.25, 0.3) is 0 Å². The average molecular weight is 678 g/mol.